The Bertz CT molecular complexity index is 1010. The van der Waals surface area contributed by atoms with E-state index in [0.29, 0.717) is 18.9 Å². The van der Waals surface area contributed by atoms with Gasteiger partial charge in [-0.2, -0.15) is 0 Å². The first-order chi connectivity index (χ1) is 16.8. The van der Waals surface area contributed by atoms with Gasteiger partial charge in [-0.25, -0.2) is 4.39 Å². The molecule has 35 heavy (non-hydrogen) atoms. The Balaban J connectivity index is 1.49. The predicted molar refractivity (Wildman–Crippen MR) is 151 cm³/mol. The van der Waals surface area contributed by atoms with Gasteiger partial charge in [0.15, 0.2) is 6.80 Å². The molecule has 1 aromatic carbocycles. The summed E-state index contributed by atoms with van der Waals surface area (Å²) in [5.74, 6) is 0.504. The number of aliphatic hydroxyl groups is 1. The predicted octanol–water partition coefficient (Wildman–Crippen LogP) is 4.88. The van der Waals surface area contributed by atoms with E-state index in [-0.39, 0.29) is 3.42 Å². The Labute approximate surface area is 221 Å². The number of alkyl halides is 2. The van der Waals surface area contributed by atoms with Crippen LogP contribution in [0, 0.1) is 0 Å². The number of nitrogens with zero attached hydrogens (tertiary/aromatic N) is 2. The van der Waals surface area contributed by atoms with Gasteiger partial charge in [0.1, 0.15) is 18.6 Å². The molecule has 2 aliphatic rings. The second kappa shape index (κ2) is 13.2. The minimum Gasteiger partial charge on any atom is -0.493 e. The van der Waals surface area contributed by atoms with Gasteiger partial charge < -0.3 is 20.5 Å². The fourth-order valence-corrected chi connectivity index (χ4v) is 4.43. The van der Waals surface area contributed by atoms with E-state index >= 15 is 0 Å². The average Bonchev–Trinajstić information content (AvgIpc) is 2.83. The smallest absolute Gasteiger partial charge is 0.179 e. The minimum absolute atomic E-state index is 0.0898. The highest BCUT2D eigenvalue weighted by Crippen LogP contribution is 2.41. The second-order valence-corrected chi connectivity index (χ2v) is 11.1. The van der Waals surface area contributed by atoms with Crippen LogP contribution in [0.15, 0.2) is 71.2 Å². The number of benzene rings is 1. The Hall–Kier alpha value is -2.21. The number of hydrogen-bond acceptors (Lipinski definition) is 7. The number of aliphatic hydroxyl groups excluding tert-OH is 1. The fourth-order valence-electron chi connectivity index (χ4n) is 3.89. The topological polar surface area (TPSA) is 81.2 Å². The molecule has 0 aromatic heterocycles. The molecule has 1 aliphatic heterocycles. The summed E-state index contributed by atoms with van der Waals surface area (Å²) in [6, 6.07) is 5.91. The quantitative estimate of drug-likeness (QED) is 0.0496. The summed E-state index contributed by atoms with van der Waals surface area (Å²) in [7, 11) is 0. The highest BCUT2D eigenvalue weighted by atomic mass is 127. The number of halogens is 2. The number of fused-ring (bicyclic) bond motifs is 2. The molecule has 9 heteroatoms. The summed E-state index contributed by atoms with van der Waals surface area (Å²) in [5.41, 5.74) is 4.79. The monoisotopic (exact) mass is 595 g/mol. The van der Waals surface area contributed by atoms with E-state index < -0.39 is 13.0 Å². The summed E-state index contributed by atoms with van der Waals surface area (Å²) in [5, 5.41) is 21.2. The van der Waals surface area contributed by atoms with Crippen LogP contribution in [0.25, 0.3) is 0 Å². The maximum absolute atomic E-state index is 11.9. The third-order valence-electron chi connectivity index (χ3n) is 5.81. The number of nitrogens with one attached hydrogen (secondary N) is 3. The maximum Gasteiger partial charge on any atom is 0.179 e. The fraction of sp³-hybridized carbons (Fsp3) is 0.423. The summed E-state index contributed by atoms with van der Waals surface area (Å²) >= 11 is 2.47. The number of hydrogen-bond donors (Lipinski definition) is 4. The first kappa shape index (κ1) is 27.4. The van der Waals surface area contributed by atoms with Crippen molar-refractivity contribution in [2.75, 3.05) is 50.2 Å². The molecule has 1 aromatic rings. The third kappa shape index (κ3) is 8.16. The number of ether oxygens (including phenoxy) is 1. The van der Waals surface area contributed by atoms with Gasteiger partial charge in [0.2, 0.25) is 0 Å². The molecule has 0 saturated heterocycles. The van der Waals surface area contributed by atoms with Crippen molar-refractivity contribution >= 4 is 40.2 Å². The summed E-state index contributed by atoms with van der Waals surface area (Å²) in [4.78, 5) is 5.69. The first-order valence-electron chi connectivity index (χ1n) is 11.8. The van der Waals surface area contributed by atoms with E-state index in [0.717, 1.165) is 54.4 Å². The van der Waals surface area contributed by atoms with E-state index in [4.69, 9.17) is 4.74 Å². The van der Waals surface area contributed by atoms with E-state index in [1.807, 2.05) is 18.2 Å². The Morgan fingerprint density at radius 2 is 2.23 bits per heavy atom. The van der Waals surface area contributed by atoms with E-state index in [1.54, 1.807) is 12.2 Å². The van der Waals surface area contributed by atoms with Crippen molar-refractivity contribution in [3.8, 4) is 0 Å². The van der Waals surface area contributed by atoms with E-state index in [1.165, 1.54) is 6.21 Å². The van der Waals surface area contributed by atoms with Gasteiger partial charge in [0, 0.05) is 34.8 Å². The van der Waals surface area contributed by atoms with Crippen LogP contribution in [-0.2, 0) is 4.74 Å². The van der Waals surface area contributed by atoms with E-state index in [9.17, 15) is 9.50 Å². The van der Waals surface area contributed by atoms with Crippen LogP contribution in [0.5, 0.6) is 0 Å². The van der Waals surface area contributed by atoms with Crippen molar-refractivity contribution in [2.24, 2.45) is 4.99 Å². The molecule has 0 amide bonds. The molecule has 0 radical (unpaired) electrons. The zero-order chi connectivity index (χ0) is 25.3. The van der Waals surface area contributed by atoms with Gasteiger partial charge in [-0.1, -0.05) is 54.3 Å². The molecule has 3 rings (SSSR count). The van der Waals surface area contributed by atoms with Gasteiger partial charge >= 0.3 is 0 Å². The number of allylic oxidation sites excluding steroid dienone is 4. The third-order valence-corrected chi connectivity index (χ3v) is 6.56. The summed E-state index contributed by atoms with van der Waals surface area (Å²) in [6.07, 6.45) is 9.23. The molecule has 2 atom stereocenters. The highest BCUT2D eigenvalue weighted by Gasteiger charge is 2.28. The minimum atomic E-state index is -0.797. The van der Waals surface area contributed by atoms with Gasteiger partial charge in [-0.15, -0.1) is 0 Å². The second-order valence-electron chi connectivity index (χ2n) is 8.59. The zero-order valence-corrected chi connectivity index (χ0v) is 22.5. The van der Waals surface area contributed by atoms with Gasteiger partial charge in [-0.3, -0.25) is 15.2 Å². The van der Waals surface area contributed by atoms with Gasteiger partial charge in [0.05, 0.1) is 22.8 Å². The molecule has 0 saturated carbocycles. The lowest BCUT2D eigenvalue weighted by Crippen LogP contribution is -2.36. The molecule has 1 unspecified atom stereocenters. The van der Waals surface area contributed by atoms with Crippen LogP contribution in [0.1, 0.15) is 32.1 Å². The molecule has 4 N–H and O–H groups in total. The number of rotatable bonds is 13. The summed E-state index contributed by atoms with van der Waals surface area (Å²) in [6.45, 7) is 10.8. The maximum atomic E-state index is 11.9. The lowest BCUT2D eigenvalue weighted by molar-refractivity contribution is 0.127. The van der Waals surface area contributed by atoms with Crippen molar-refractivity contribution in [1.29, 1.82) is 0 Å². The molecule has 7 nitrogen and oxygen atoms in total. The zero-order valence-electron chi connectivity index (χ0n) is 20.4. The van der Waals surface area contributed by atoms with Crippen molar-refractivity contribution < 1.29 is 14.2 Å². The van der Waals surface area contributed by atoms with Crippen LogP contribution >= 0.6 is 22.6 Å². The molecule has 1 aliphatic carbocycles. The Morgan fingerprint density at radius 3 is 3.00 bits per heavy atom. The number of anilines is 2. The van der Waals surface area contributed by atoms with Crippen LogP contribution in [0.3, 0.4) is 0 Å². The largest absolute Gasteiger partial charge is 0.493 e. The SMILES string of the molecule is C=C(/C=C\C=NCF)OCCN(CC)CCNC(O)c1cccc2c1NC1=CC[C@](C)(I)C=C1N2. The average molecular weight is 596 g/mol. The molecule has 0 bridgehead atoms. The Morgan fingerprint density at radius 1 is 1.40 bits per heavy atom. The Kier molecular flexibility index (Phi) is 10.3. The standard InChI is InChI=1S/C26H35FIN5O2/c1-4-33(15-16-35-19(2)7-6-12-29-18-27)14-13-30-25(34)20-8-5-9-22-24(20)32-21-10-11-26(3,28)17-23(21)31-22/h5-10,12,17,25,30-32,34H,2,4,11,13-16,18H2,1,3H3/b7-6-,29-12?/t25?,26-/m0/s1. The van der Waals surface area contributed by atoms with E-state index in [2.05, 4.69) is 81.0 Å². The van der Waals surface area contributed by atoms with Gasteiger partial charge in [-0.05, 0) is 44.2 Å². The molecule has 0 spiro atoms. The van der Waals surface area contributed by atoms with Crippen molar-refractivity contribution in [3.05, 3.63) is 71.8 Å². The number of aliphatic imine (C=N–C) groups is 1. The van der Waals surface area contributed by atoms with Crippen LogP contribution < -0.4 is 16.0 Å². The van der Waals surface area contributed by atoms with Crippen molar-refractivity contribution in [3.63, 3.8) is 0 Å². The van der Waals surface area contributed by atoms with Crippen molar-refractivity contribution in [2.45, 2.75) is 29.9 Å². The molecule has 1 heterocycles. The lowest BCUT2D eigenvalue weighted by atomic mass is 9.96. The number of likely N-dealkylation sites (N-methyl/N-ethyl adjacent to an activating group) is 1. The van der Waals surface area contributed by atoms with Gasteiger partial charge in [0.25, 0.3) is 0 Å². The molecular weight excluding hydrogens is 560 g/mol. The summed E-state index contributed by atoms with van der Waals surface area (Å²) < 4.78 is 17.6. The number of para-hydroxylation sites is 1. The normalized spacial score (nSPS) is 20.1. The molecule has 0 fully saturated rings. The van der Waals surface area contributed by atoms with Crippen LogP contribution in [0.4, 0.5) is 15.8 Å². The van der Waals surface area contributed by atoms with Crippen LogP contribution in [-0.4, -0.2) is 59.2 Å². The van der Waals surface area contributed by atoms with Crippen LogP contribution in [0.2, 0.25) is 0 Å². The van der Waals surface area contributed by atoms with Crippen molar-refractivity contribution in [1.82, 2.24) is 10.2 Å². The molecular formula is C26H35FIN5O2. The highest BCUT2D eigenvalue weighted by molar-refractivity contribution is 14.1. The molecule has 190 valence electrons. The lowest BCUT2D eigenvalue weighted by Gasteiger charge is -2.33. The first-order valence-corrected chi connectivity index (χ1v) is 12.9.